The third kappa shape index (κ3) is 1.15. The fraction of sp³-hybridized carbons (Fsp3) is 0.267. The van der Waals surface area contributed by atoms with Gasteiger partial charge in [-0.25, -0.2) is 4.39 Å². The van der Waals surface area contributed by atoms with Gasteiger partial charge in [0.15, 0.2) is 6.54 Å². The Labute approximate surface area is 99.2 Å². The zero-order chi connectivity index (χ0) is 11.4. The zero-order valence-corrected chi connectivity index (χ0v) is 9.54. The van der Waals surface area contributed by atoms with Gasteiger partial charge in [0.2, 0.25) is 11.2 Å². The highest BCUT2D eigenvalue weighted by Gasteiger charge is 2.33. The van der Waals surface area contributed by atoms with E-state index in [2.05, 4.69) is 10.6 Å². The largest absolute Gasteiger partial charge is 0.216 e. The summed E-state index contributed by atoms with van der Waals surface area (Å²) in [4.78, 5) is 0. The fourth-order valence-corrected chi connectivity index (χ4v) is 3.22. The number of hydrogen-bond acceptors (Lipinski definition) is 0. The van der Waals surface area contributed by atoms with Crippen LogP contribution in [0.3, 0.4) is 0 Å². The summed E-state index contributed by atoms with van der Waals surface area (Å²) in [5.41, 5.74) is 5.39. The number of allylic oxidation sites excluding steroid dienone is 2. The van der Waals surface area contributed by atoms with E-state index in [-0.39, 0.29) is 5.82 Å². The summed E-state index contributed by atoms with van der Waals surface area (Å²) in [6.07, 6.45) is 3.69. The first kappa shape index (κ1) is 9.34. The van der Waals surface area contributed by atoms with Gasteiger partial charge < -0.3 is 0 Å². The van der Waals surface area contributed by atoms with E-state index in [1.165, 1.54) is 36.6 Å². The van der Waals surface area contributed by atoms with Crippen molar-refractivity contribution >= 4 is 16.5 Å². The molecule has 1 aromatic heterocycles. The third-order valence-electron chi connectivity index (χ3n) is 4.01. The molecular weight excluding hydrogens is 213 g/mol. The van der Waals surface area contributed by atoms with Gasteiger partial charge in [-0.05, 0) is 31.4 Å². The summed E-state index contributed by atoms with van der Waals surface area (Å²) in [6.45, 7) is 0.964. The second kappa shape index (κ2) is 3.16. The van der Waals surface area contributed by atoms with E-state index >= 15 is 0 Å². The van der Waals surface area contributed by atoms with E-state index in [1.807, 2.05) is 12.1 Å². The lowest BCUT2D eigenvalue weighted by Crippen LogP contribution is -2.35. The maximum absolute atomic E-state index is 13.7. The number of rotatable bonds is 0. The van der Waals surface area contributed by atoms with Crippen LogP contribution in [-0.2, 0) is 6.54 Å². The molecule has 1 aromatic carbocycles. The van der Waals surface area contributed by atoms with Crippen molar-refractivity contribution in [2.45, 2.75) is 25.8 Å². The highest BCUT2D eigenvalue weighted by molar-refractivity contribution is 5.79. The summed E-state index contributed by atoms with van der Waals surface area (Å²) in [5.74, 6) is -0.121. The van der Waals surface area contributed by atoms with Crippen LogP contribution < -0.4 is 4.57 Å². The van der Waals surface area contributed by atoms with E-state index in [0.717, 1.165) is 17.4 Å². The maximum atomic E-state index is 13.7. The van der Waals surface area contributed by atoms with Crippen LogP contribution in [0.1, 0.15) is 25.0 Å². The van der Waals surface area contributed by atoms with Gasteiger partial charge in [0.25, 0.3) is 0 Å². The molecule has 0 atom stereocenters. The Bertz CT molecular complexity index is 670. The molecule has 1 aliphatic carbocycles. The van der Waals surface area contributed by atoms with Crippen molar-refractivity contribution in [1.82, 2.24) is 0 Å². The van der Waals surface area contributed by atoms with E-state index in [1.54, 1.807) is 11.6 Å². The average molecular weight is 226 g/mol. The van der Waals surface area contributed by atoms with Crippen molar-refractivity contribution in [3.8, 4) is 0 Å². The summed E-state index contributed by atoms with van der Waals surface area (Å²) < 4.78 is 16.0. The Morgan fingerprint density at radius 1 is 1.06 bits per heavy atom. The predicted molar refractivity (Wildman–Crippen MR) is 64.9 cm³/mol. The first-order valence-electron chi connectivity index (χ1n) is 6.17. The summed E-state index contributed by atoms with van der Waals surface area (Å²) >= 11 is 0. The van der Waals surface area contributed by atoms with E-state index in [0.29, 0.717) is 0 Å². The summed E-state index contributed by atoms with van der Waals surface area (Å²) in [7, 11) is 0. The molecule has 2 aliphatic rings. The van der Waals surface area contributed by atoms with E-state index in [9.17, 15) is 4.39 Å². The molecule has 2 heterocycles. The Morgan fingerprint density at radius 2 is 2.00 bits per heavy atom. The van der Waals surface area contributed by atoms with Gasteiger partial charge in [0.05, 0.1) is 5.39 Å². The minimum atomic E-state index is -0.121. The van der Waals surface area contributed by atoms with Crippen LogP contribution in [0.25, 0.3) is 16.5 Å². The van der Waals surface area contributed by atoms with Gasteiger partial charge in [0, 0.05) is 23.3 Å². The lowest BCUT2D eigenvalue weighted by molar-refractivity contribution is -0.660. The van der Waals surface area contributed by atoms with Crippen LogP contribution in [-0.4, -0.2) is 0 Å². The van der Waals surface area contributed by atoms with Crippen LogP contribution in [0.15, 0.2) is 35.9 Å². The van der Waals surface area contributed by atoms with Gasteiger partial charge in [-0.2, -0.15) is 4.57 Å². The molecule has 0 saturated heterocycles. The van der Waals surface area contributed by atoms with Crippen molar-refractivity contribution in [3.05, 3.63) is 47.4 Å². The van der Waals surface area contributed by atoms with Crippen LogP contribution in [0.5, 0.6) is 0 Å². The lowest BCUT2D eigenvalue weighted by Gasteiger charge is -2.03. The van der Waals surface area contributed by atoms with Gasteiger partial charge >= 0.3 is 0 Å². The molecule has 1 nitrogen and oxygen atoms in total. The first-order valence-corrected chi connectivity index (χ1v) is 6.17. The molecule has 2 heteroatoms. The minimum Gasteiger partial charge on any atom is -0.206 e. The SMILES string of the molecule is Fc1cccc2c1ccc1[n+]2CC2=C1CCC2. The lowest BCUT2D eigenvalue weighted by atomic mass is 10.1. The summed E-state index contributed by atoms with van der Waals surface area (Å²) in [6, 6.07) is 9.35. The number of nitrogens with zero attached hydrogens (tertiary/aromatic N) is 1. The molecule has 1 aliphatic heterocycles. The summed E-state index contributed by atoms with van der Waals surface area (Å²) in [5, 5.41) is 0.734. The Morgan fingerprint density at radius 3 is 2.94 bits per heavy atom. The molecule has 0 saturated carbocycles. The van der Waals surface area contributed by atoms with Crippen molar-refractivity contribution < 1.29 is 8.96 Å². The molecule has 17 heavy (non-hydrogen) atoms. The van der Waals surface area contributed by atoms with Crippen molar-refractivity contribution in [1.29, 1.82) is 0 Å². The van der Waals surface area contributed by atoms with Crippen LogP contribution in [0.2, 0.25) is 0 Å². The molecule has 0 N–H and O–H groups in total. The normalized spacial score (nSPS) is 17.7. The fourth-order valence-electron chi connectivity index (χ4n) is 3.22. The molecule has 0 fully saturated rings. The molecule has 0 radical (unpaired) electrons. The minimum absolute atomic E-state index is 0.121. The molecule has 2 aromatic rings. The predicted octanol–water partition coefficient (Wildman–Crippen LogP) is 3.22. The number of halogens is 1. The molecule has 0 spiro atoms. The number of fused-ring (bicyclic) bond motifs is 4. The molecular formula is C15H13FN+. The number of hydrogen-bond donors (Lipinski definition) is 0. The quantitative estimate of drug-likeness (QED) is 0.607. The zero-order valence-electron chi connectivity index (χ0n) is 9.54. The molecule has 0 unspecified atom stereocenters. The Kier molecular flexibility index (Phi) is 1.74. The van der Waals surface area contributed by atoms with Crippen molar-refractivity contribution in [2.75, 3.05) is 0 Å². The Hall–Kier alpha value is -1.70. The first-order chi connectivity index (χ1) is 8.34. The Balaban J connectivity index is 2.04. The van der Waals surface area contributed by atoms with Crippen LogP contribution in [0.4, 0.5) is 4.39 Å². The number of aromatic nitrogens is 1. The third-order valence-corrected chi connectivity index (χ3v) is 4.01. The van der Waals surface area contributed by atoms with E-state index < -0.39 is 0 Å². The number of pyridine rings is 1. The van der Waals surface area contributed by atoms with Gasteiger partial charge in [-0.1, -0.05) is 6.07 Å². The maximum Gasteiger partial charge on any atom is 0.216 e. The smallest absolute Gasteiger partial charge is 0.206 e. The molecule has 84 valence electrons. The second-order valence-corrected chi connectivity index (χ2v) is 4.91. The van der Waals surface area contributed by atoms with Gasteiger partial charge in [0.1, 0.15) is 5.82 Å². The van der Waals surface area contributed by atoms with Crippen LogP contribution >= 0.6 is 0 Å². The van der Waals surface area contributed by atoms with Gasteiger partial charge in [-0.15, -0.1) is 0 Å². The number of benzene rings is 1. The van der Waals surface area contributed by atoms with Crippen molar-refractivity contribution in [3.63, 3.8) is 0 Å². The monoisotopic (exact) mass is 226 g/mol. The van der Waals surface area contributed by atoms with Crippen LogP contribution in [0, 0.1) is 5.82 Å². The topological polar surface area (TPSA) is 3.88 Å². The molecule has 0 bridgehead atoms. The second-order valence-electron chi connectivity index (χ2n) is 4.91. The average Bonchev–Trinajstić information content (AvgIpc) is 2.89. The van der Waals surface area contributed by atoms with Gasteiger partial charge in [-0.3, -0.25) is 0 Å². The highest BCUT2D eigenvalue weighted by Crippen LogP contribution is 2.37. The highest BCUT2D eigenvalue weighted by atomic mass is 19.1. The van der Waals surface area contributed by atoms with E-state index in [4.69, 9.17) is 0 Å². The standard InChI is InChI=1S/C15H13FN/c16-13-5-2-6-14-12(13)7-8-15-11-4-1-3-10(11)9-17(14)15/h2,5-8H,1,3-4,9H2/q+1. The molecule has 0 amide bonds. The van der Waals surface area contributed by atoms with Crippen molar-refractivity contribution in [2.24, 2.45) is 0 Å². The molecule has 4 rings (SSSR count).